The number of carbonyl (C=O) groups is 6. The van der Waals surface area contributed by atoms with Gasteiger partial charge in [0.25, 0.3) is 5.91 Å². The first kappa shape index (κ1) is 31.8. The van der Waals surface area contributed by atoms with Crippen molar-refractivity contribution in [1.82, 2.24) is 25.0 Å². The number of carbonyl (C=O) groups excluding carboxylic acids is 5. The number of hydrogen-bond donors (Lipinski definition) is 2. The first-order chi connectivity index (χ1) is 21.1. The Bertz CT molecular complexity index is 1380. The molecule has 3 heterocycles. The molecule has 2 fully saturated rings. The number of esters is 1. The molecule has 4 rings (SSSR count). The highest BCUT2D eigenvalue weighted by Gasteiger charge is 2.42. The van der Waals surface area contributed by atoms with Gasteiger partial charge in [-0.3, -0.25) is 33.8 Å². The molecule has 1 aromatic heterocycles. The number of pyridine rings is 1. The second kappa shape index (κ2) is 14.4. The van der Waals surface area contributed by atoms with Crippen LogP contribution in [-0.2, 0) is 28.7 Å². The lowest BCUT2D eigenvalue weighted by Gasteiger charge is -2.41. The van der Waals surface area contributed by atoms with Crippen molar-refractivity contribution in [3.63, 3.8) is 0 Å². The molecule has 2 saturated heterocycles. The molecule has 2 aromatic rings. The van der Waals surface area contributed by atoms with E-state index in [4.69, 9.17) is 4.74 Å². The lowest BCUT2D eigenvalue weighted by atomic mass is 10.0. The summed E-state index contributed by atoms with van der Waals surface area (Å²) >= 11 is 0. The Morgan fingerprint density at radius 2 is 1.66 bits per heavy atom. The Kier molecular flexibility index (Phi) is 10.4. The van der Waals surface area contributed by atoms with E-state index >= 15 is 0 Å². The number of rotatable bonds is 10. The number of carboxylic acid groups (broad SMARTS) is 1. The van der Waals surface area contributed by atoms with Gasteiger partial charge in [0, 0.05) is 62.9 Å². The van der Waals surface area contributed by atoms with E-state index in [1.54, 1.807) is 17.3 Å². The zero-order valence-corrected chi connectivity index (χ0v) is 24.1. The Labute approximate surface area is 252 Å². The molecular weight excluding hydrogens is 579 g/mol. The van der Waals surface area contributed by atoms with Gasteiger partial charge in [-0.15, -0.1) is 0 Å². The molecule has 15 heteroatoms. The maximum Gasteiger partial charge on any atom is 0.323 e. The Morgan fingerprint density at radius 1 is 1.00 bits per heavy atom. The van der Waals surface area contributed by atoms with E-state index in [9.17, 15) is 38.3 Å². The lowest BCUT2D eigenvalue weighted by Crippen LogP contribution is -2.63. The second-order valence-corrected chi connectivity index (χ2v) is 10.3. The summed E-state index contributed by atoms with van der Waals surface area (Å²) < 4.78 is 18.2. The van der Waals surface area contributed by atoms with Crippen molar-refractivity contribution in [2.45, 2.75) is 24.9 Å². The van der Waals surface area contributed by atoms with Gasteiger partial charge in [-0.1, -0.05) is 0 Å². The van der Waals surface area contributed by atoms with Crippen LogP contribution in [0.1, 0.15) is 23.2 Å². The minimum atomic E-state index is -1.45. The van der Waals surface area contributed by atoms with E-state index in [1.807, 2.05) is 12.1 Å². The van der Waals surface area contributed by atoms with Gasteiger partial charge in [-0.2, -0.15) is 0 Å². The van der Waals surface area contributed by atoms with Crippen LogP contribution in [0.5, 0.6) is 0 Å². The maximum absolute atomic E-state index is 14.0. The molecule has 2 aliphatic rings. The van der Waals surface area contributed by atoms with E-state index in [1.165, 1.54) is 12.1 Å². The van der Waals surface area contributed by atoms with Gasteiger partial charge >= 0.3 is 11.9 Å². The molecule has 44 heavy (non-hydrogen) atoms. The molecule has 1 aromatic carbocycles. The molecule has 0 aliphatic carbocycles. The number of benzene rings is 1. The summed E-state index contributed by atoms with van der Waals surface area (Å²) in [5, 5.41) is 11.8. The molecule has 14 nitrogen and oxygen atoms in total. The van der Waals surface area contributed by atoms with Crippen molar-refractivity contribution in [2.24, 2.45) is 0 Å². The predicted octanol–water partition coefficient (Wildman–Crippen LogP) is -0.255. The van der Waals surface area contributed by atoms with Crippen molar-refractivity contribution in [3.05, 3.63) is 60.2 Å². The predicted molar refractivity (Wildman–Crippen MR) is 152 cm³/mol. The van der Waals surface area contributed by atoms with Gasteiger partial charge in [-0.05, 0) is 36.4 Å². The van der Waals surface area contributed by atoms with Crippen molar-refractivity contribution in [3.8, 4) is 0 Å². The minimum Gasteiger partial charge on any atom is -0.480 e. The first-order valence-electron chi connectivity index (χ1n) is 13.9. The van der Waals surface area contributed by atoms with Crippen LogP contribution in [0.4, 0.5) is 10.1 Å². The fraction of sp³-hybridized carbons (Fsp3) is 0.414. The summed E-state index contributed by atoms with van der Waals surface area (Å²) in [7, 11) is 1.11. The Balaban J connectivity index is 1.54. The van der Waals surface area contributed by atoms with Crippen molar-refractivity contribution in [1.29, 1.82) is 0 Å². The fourth-order valence-electron chi connectivity index (χ4n) is 5.18. The molecule has 0 bridgehead atoms. The number of methoxy groups -OCH3 is 1. The molecule has 0 unspecified atom stereocenters. The summed E-state index contributed by atoms with van der Waals surface area (Å²) in [5.74, 6) is -5.40. The number of amides is 4. The van der Waals surface area contributed by atoms with Gasteiger partial charge in [0.2, 0.25) is 17.7 Å². The average molecular weight is 613 g/mol. The standard InChI is InChI=1S/C29H33FN6O8/c1-44-26(40)17-23-29(43)35(18-25(38)39)14-15-36(23)28(42)22(32-27(41)19-2-4-20(30)5-3-19)16-24(37)34-12-10-33(11-13-34)21-6-8-31-9-7-21/h2-9,22-23H,10-18H2,1H3,(H,32,41)(H,38,39)/t22-,23+/m0/s1. The van der Waals surface area contributed by atoms with Gasteiger partial charge in [-0.25, -0.2) is 4.39 Å². The fourth-order valence-corrected chi connectivity index (χ4v) is 5.18. The molecule has 234 valence electrons. The number of anilines is 1. The Morgan fingerprint density at radius 3 is 2.27 bits per heavy atom. The van der Waals surface area contributed by atoms with Crippen molar-refractivity contribution >= 4 is 41.3 Å². The highest BCUT2D eigenvalue weighted by Crippen LogP contribution is 2.20. The topological polar surface area (TPSA) is 170 Å². The van der Waals surface area contributed by atoms with Crippen molar-refractivity contribution < 1.29 is 43.0 Å². The summed E-state index contributed by atoms with van der Waals surface area (Å²) in [4.78, 5) is 86.9. The molecule has 2 N–H and O–H groups in total. The van der Waals surface area contributed by atoms with Crippen LogP contribution in [0, 0.1) is 5.82 Å². The molecular formula is C29H33FN6O8. The average Bonchev–Trinajstić information content (AvgIpc) is 3.02. The van der Waals surface area contributed by atoms with Crippen LogP contribution in [0.3, 0.4) is 0 Å². The van der Waals surface area contributed by atoms with Gasteiger partial charge in [0.15, 0.2) is 0 Å². The second-order valence-electron chi connectivity index (χ2n) is 10.3. The number of aromatic nitrogens is 1. The normalized spacial score (nSPS) is 17.6. The lowest BCUT2D eigenvalue weighted by molar-refractivity contribution is -0.159. The molecule has 0 saturated carbocycles. The van der Waals surface area contributed by atoms with E-state index in [0.717, 1.165) is 34.7 Å². The minimum absolute atomic E-state index is 0.0380. The Hall–Kier alpha value is -5.08. The summed E-state index contributed by atoms with van der Waals surface area (Å²) in [6.45, 7) is 0.832. The number of ether oxygens (including phenoxy) is 1. The van der Waals surface area contributed by atoms with Gasteiger partial charge < -0.3 is 34.8 Å². The monoisotopic (exact) mass is 612 g/mol. The summed E-state index contributed by atoms with van der Waals surface area (Å²) in [5.41, 5.74) is 0.992. The van der Waals surface area contributed by atoms with Crippen LogP contribution in [0.25, 0.3) is 0 Å². The number of piperazine rings is 2. The van der Waals surface area contributed by atoms with Crippen LogP contribution in [0.15, 0.2) is 48.8 Å². The highest BCUT2D eigenvalue weighted by atomic mass is 19.1. The highest BCUT2D eigenvalue weighted by molar-refractivity contribution is 6.01. The number of aliphatic carboxylic acids is 1. The van der Waals surface area contributed by atoms with Crippen LogP contribution in [-0.4, -0.2) is 125 Å². The number of nitrogens with zero attached hydrogens (tertiary/aromatic N) is 5. The summed E-state index contributed by atoms with van der Waals surface area (Å²) in [6, 6.07) is 5.46. The SMILES string of the molecule is COC(=O)C[C@@H]1C(=O)N(CC(=O)O)CCN1C(=O)[C@H](CC(=O)N1CCN(c2ccncc2)CC1)NC(=O)c1ccc(F)cc1. The van der Waals surface area contributed by atoms with Crippen LogP contribution >= 0.6 is 0 Å². The first-order valence-corrected chi connectivity index (χ1v) is 13.9. The molecule has 0 spiro atoms. The van der Waals surface area contributed by atoms with Crippen LogP contribution < -0.4 is 10.2 Å². The number of hydrogen-bond acceptors (Lipinski definition) is 9. The zero-order chi connectivity index (χ0) is 31.8. The molecule has 4 amide bonds. The number of carboxylic acids is 1. The number of halogens is 1. The van der Waals surface area contributed by atoms with E-state index in [0.29, 0.717) is 26.2 Å². The largest absolute Gasteiger partial charge is 0.480 e. The van der Waals surface area contributed by atoms with Crippen LogP contribution in [0.2, 0.25) is 0 Å². The molecule has 2 atom stereocenters. The third kappa shape index (κ3) is 7.85. The van der Waals surface area contributed by atoms with E-state index < -0.39 is 72.9 Å². The molecule has 0 radical (unpaired) electrons. The number of nitrogens with one attached hydrogen (secondary N) is 1. The van der Waals surface area contributed by atoms with Crippen molar-refractivity contribution in [2.75, 3.05) is 57.8 Å². The third-order valence-electron chi connectivity index (χ3n) is 7.53. The van der Waals surface area contributed by atoms with E-state index in [2.05, 4.69) is 15.2 Å². The van der Waals surface area contributed by atoms with Gasteiger partial charge in [0.1, 0.15) is 24.4 Å². The summed E-state index contributed by atoms with van der Waals surface area (Å²) in [6.07, 6.45) is 2.34. The van der Waals surface area contributed by atoms with E-state index in [-0.39, 0.29) is 18.7 Å². The third-order valence-corrected chi connectivity index (χ3v) is 7.53. The molecule has 2 aliphatic heterocycles. The smallest absolute Gasteiger partial charge is 0.323 e. The zero-order valence-electron chi connectivity index (χ0n) is 24.1. The quantitative estimate of drug-likeness (QED) is 0.341. The maximum atomic E-state index is 14.0. The van der Waals surface area contributed by atoms with Gasteiger partial charge in [0.05, 0.1) is 20.0 Å².